The SMILES string of the molecule is O=C(Cn1cc(Br)c([N+](=O)[O-])n1)Nc1ccc(Cl)cc1F. The van der Waals surface area contributed by atoms with Gasteiger partial charge in [-0.25, -0.2) is 4.39 Å². The van der Waals surface area contributed by atoms with Crippen LogP contribution in [0, 0.1) is 15.9 Å². The summed E-state index contributed by atoms with van der Waals surface area (Å²) >= 11 is 8.56. The number of amides is 1. The van der Waals surface area contributed by atoms with Crippen LogP contribution in [0.25, 0.3) is 0 Å². The van der Waals surface area contributed by atoms with E-state index in [4.69, 9.17) is 11.6 Å². The van der Waals surface area contributed by atoms with Gasteiger partial charge in [-0.2, -0.15) is 4.68 Å². The minimum absolute atomic E-state index is 0.0369. The van der Waals surface area contributed by atoms with Crippen LogP contribution in [0.1, 0.15) is 0 Å². The maximum atomic E-state index is 13.5. The number of rotatable bonds is 4. The molecule has 0 spiro atoms. The molecule has 1 aromatic carbocycles. The summed E-state index contributed by atoms with van der Waals surface area (Å²) in [5.41, 5.74) is -0.0369. The summed E-state index contributed by atoms with van der Waals surface area (Å²) < 4.78 is 14.7. The molecule has 1 N–H and O–H groups in total. The second-order valence-electron chi connectivity index (χ2n) is 3.93. The molecule has 1 aromatic heterocycles. The summed E-state index contributed by atoms with van der Waals surface area (Å²) in [4.78, 5) is 21.7. The first-order valence-corrected chi connectivity index (χ1v) is 6.66. The van der Waals surface area contributed by atoms with E-state index >= 15 is 0 Å². The van der Waals surface area contributed by atoms with Gasteiger partial charge in [0.2, 0.25) is 5.91 Å². The predicted octanol–water partition coefficient (Wildman–Crippen LogP) is 2.99. The lowest BCUT2D eigenvalue weighted by Gasteiger charge is -2.05. The number of halogens is 3. The normalized spacial score (nSPS) is 10.4. The number of aromatic nitrogens is 2. The van der Waals surface area contributed by atoms with Crippen molar-refractivity contribution in [3.05, 3.63) is 49.8 Å². The number of nitro groups is 1. The van der Waals surface area contributed by atoms with Crippen molar-refractivity contribution in [1.82, 2.24) is 9.78 Å². The second-order valence-corrected chi connectivity index (χ2v) is 5.22. The van der Waals surface area contributed by atoms with Crippen LogP contribution < -0.4 is 5.32 Å². The Hall–Kier alpha value is -2.00. The van der Waals surface area contributed by atoms with E-state index in [1.54, 1.807) is 0 Å². The molecule has 2 aromatic rings. The molecular weight excluding hydrogens is 371 g/mol. The number of hydrogen-bond donors (Lipinski definition) is 1. The maximum Gasteiger partial charge on any atom is 0.404 e. The molecule has 0 fully saturated rings. The molecule has 0 radical (unpaired) electrons. The third kappa shape index (κ3) is 3.76. The van der Waals surface area contributed by atoms with Crippen molar-refractivity contribution < 1.29 is 14.1 Å². The van der Waals surface area contributed by atoms with E-state index in [9.17, 15) is 19.3 Å². The molecule has 0 unspecified atom stereocenters. The van der Waals surface area contributed by atoms with Crippen LogP contribution in [-0.2, 0) is 11.3 Å². The average molecular weight is 378 g/mol. The van der Waals surface area contributed by atoms with Crippen molar-refractivity contribution in [3.63, 3.8) is 0 Å². The molecule has 10 heteroatoms. The number of benzene rings is 1. The summed E-state index contributed by atoms with van der Waals surface area (Å²) in [6.45, 7) is -0.297. The Morgan fingerprint density at radius 2 is 2.29 bits per heavy atom. The van der Waals surface area contributed by atoms with Gasteiger partial charge in [0, 0.05) is 5.02 Å². The maximum absolute atomic E-state index is 13.5. The molecule has 0 aliphatic rings. The number of anilines is 1. The Bertz CT molecular complexity index is 721. The van der Waals surface area contributed by atoms with E-state index in [-0.39, 0.29) is 21.7 Å². The number of carbonyl (C=O) groups excluding carboxylic acids is 1. The lowest BCUT2D eigenvalue weighted by Crippen LogP contribution is -2.19. The minimum Gasteiger partial charge on any atom is -0.358 e. The van der Waals surface area contributed by atoms with Gasteiger partial charge in [-0.3, -0.25) is 4.79 Å². The van der Waals surface area contributed by atoms with Crippen LogP contribution in [0.5, 0.6) is 0 Å². The first-order valence-electron chi connectivity index (χ1n) is 5.49. The predicted molar refractivity (Wildman–Crippen MR) is 76.6 cm³/mol. The highest BCUT2D eigenvalue weighted by Crippen LogP contribution is 2.22. The van der Waals surface area contributed by atoms with Gasteiger partial charge < -0.3 is 15.4 Å². The van der Waals surface area contributed by atoms with Crippen molar-refractivity contribution in [2.75, 3.05) is 5.32 Å². The minimum atomic E-state index is -0.683. The van der Waals surface area contributed by atoms with Gasteiger partial charge in [-0.05, 0) is 39.1 Å². The van der Waals surface area contributed by atoms with Gasteiger partial charge in [0.1, 0.15) is 16.8 Å². The second kappa shape index (κ2) is 6.19. The van der Waals surface area contributed by atoms with E-state index in [1.165, 1.54) is 18.3 Å². The van der Waals surface area contributed by atoms with Crippen molar-refractivity contribution in [1.29, 1.82) is 0 Å². The number of carbonyl (C=O) groups is 1. The van der Waals surface area contributed by atoms with Gasteiger partial charge in [0.05, 0.1) is 17.0 Å². The fourth-order valence-electron chi connectivity index (χ4n) is 1.52. The van der Waals surface area contributed by atoms with E-state index in [0.29, 0.717) is 0 Å². The zero-order valence-electron chi connectivity index (χ0n) is 10.2. The van der Waals surface area contributed by atoms with Crippen LogP contribution >= 0.6 is 27.5 Å². The van der Waals surface area contributed by atoms with Gasteiger partial charge >= 0.3 is 5.82 Å². The average Bonchev–Trinajstić information content (AvgIpc) is 2.74. The Balaban J connectivity index is 2.08. The Morgan fingerprint density at radius 3 is 2.86 bits per heavy atom. The number of nitrogens with one attached hydrogen (secondary N) is 1. The van der Waals surface area contributed by atoms with E-state index in [0.717, 1.165) is 10.7 Å². The summed E-state index contributed by atoms with van der Waals surface area (Å²) in [5, 5.41) is 16.8. The standard InChI is InChI=1S/C11H7BrClFN4O3/c12-7-4-17(16-11(7)18(20)21)5-10(19)15-9-2-1-6(13)3-8(9)14/h1-4H,5H2,(H,15,19). The van der Waals surface area contributed by atoms with E-state index in [1.807, 2.05) is 0 Å². The lowest BCUT2D eigenvalue weighted by molar-refractivity contribution is -0.390. The molecule has 110 valence electrons. The smallest absolute Gasteiger partial charge is 0.358 e. The Morgan fingerprint density at radius 1 is 1.57 bits per heavy atom. The van der Waals surface area contributed by atoms with Crippen molar-refractivity contribution in [2.24, 2.45) is 0 Å². The highest BCUT2D eigenvalue weighted by Gasteiger charge is 2.20. The van der Waals surface area contributed by atoms with Crippen molar-refractivity contribution >= 4 is 44.9 Å². The summed E-state index contributed by atoms with van der Waals surface area (Å²) in [5.74, 6) is -1.66. The molecule has 0 saturated heterocycles. The van der Waals surface area contributed by atoms with Crippen LogP contribution in [0.2, 0.25) is 5.02 Å². The van der Waals surface area contributed by atoms with Gasteiger partial charge in [-0.15, -0.1) is 0 Å². The van der Waals surface area contributed by atoms with Crippen molar-refractivity contribution in [3.8, 4) is 0 Å². The monoisotopic (exact) mass is 376 g/mol. The van der Waals surface area contributed by atoms with Gasteiger partial charge in [-0.1, -0.05) is 11.6 Å². The molecule has 0 aliphatic carbocycles. The zero-order valence-corrected chi connectivity index (χ0v) is 12.6. The van der Waals surface area contributed by atoms with Gasteiger partial charge in [0.25, 0.3) is 0 Å². The van der Waals surface area contributed by atoms with Crippen LogP contribution in [-0.4, -0.2) is 20.6 Å². The molecular formula is C11H7BrClFN4O3. The lowest BCUT2D eigenvalue weighted by atomic mass is 10.3. The quantitative estimate of drug-likeness (QED) is 0.655. The summed E-state index contributed by atoms with van der Waals surface area (Å²) in [6, 6.07) is 3.80. The molecule has 0 atom stereocenters. The molecule has 1 amide bonds. The molecule has 1 heterocycles. The largest absolute Gasteiger partial charge is 0.404 e. The van der Waals surface area contributed by atoms with Crippen molar-refractivity contribution in [2.45, 2.75) is 6.54 Å². The number of hydrogen-bond acceptors (Lipinski definition) is 4. The zero-order chi connectivity index (χ0) is 15.6. The topological polar surface area (TPSA) is 90.1 Å². The third-order valence-electron chi connectivity index (χ3n) is 2.38. The van der Waals surface area contributed by atoms with Crippen LogP contribution in [0.3, 0.4) is 0 Å². The van der Waals surface area contributed by atoms with E-state index < -0.39 is 22.5 Å². The summed E-state index contributed by atoms with van der Waals surface area (Å²) in [6.07, 6.45) is 1.29. The fraction of sp³-hybridized carbons (Fsp3) is 0.0909. The first-order chi connectivity index (χ1) is 9.86. The third-order valence-corrected chi connectivity index (χ3v) is 3.18. The molecule has 0 aliphatic heterocycles. The number of nitrogens with zero attached hydrogens (tertiary/aromatic N) is 3. The molecule has 7 nitrogen and oxygen atoms in total. The summed E-state index contributed by atoms with van der Waals surface area (Å²) in [7, 11) is 0. The molecule has 2 rings (SSSR count). The van der Waals surface area contributed by atoms with Crippen LogP contribution in [0.15, 0.2) is 28.9 Å². The highest BCUT2D eigenvalue weighted by molar-refractivity contribution is 9.10. The van der Waals surface area contributed by atoms with E-state index in [2.05, 4.69) is 26.3 Å². The molecule has 21 heavy (non-hydrogen) atoms. The molecule has 0 saturated carbocycles. The fourth-order valence-corrected chi connectivity index (χ4v) is 2.14. The Kier molecular flexibility index (Phi) is 4.53. The van der Waals surface area contributed by atoms with Gasteiger partial charge in [0.15, 0.2) is 0 Å². The highest BCUT2D eigenvalue weighted by atomic mass is 79.9. The van der Waals surface area contributed by atoms with Crippen LogP contribution in [0.4, 0.5) is 15.9 Å². The Labute approximate surface area is 131 Å². The first kappa shape index (κ1) is 15.4. The molecule has 0 bridgehead atoms.